The van der Waals surface area contributed by atoms with Gasteiger partial charge in [-0.15, -0.1) is 0 Å². The van der Waals surface area contributed by atoms with Crippen molar-refractivity contribution in [3.05, 3.63) is 27.1 Å². The van der Waals surface area contributed by atoms with Crippen molar-refractivity contribution < 1.29 is 8.42 Å². The number of sulfonamides is 1. The summed E-state index contributed by atoms with van der Waals surface area (Å²) < 4.78 is 28.1. The fraction of sp³-hybridized carbons (Fsp3) is 0.400. The largest absolute Gasteiger partial charge is 0.241 e. The fourth-order valence-electron chi connectivity index (χ4n) is 1.49. The van der Waals surface area contributed by atoms with Gasteiger partial charge in [0.1, 0.15) is 0 Å². The van der Waals surface area contributed by atoms with Crippen molar-refractivity contribution in [3.63, 3.8) is 0 Å². The highest BCUT2D eigenvalue weighted by Crippen LogP contribution is 2.27. The first kappa shape index (κ1) is 12.5. The summed E-state index contributed by atoms with van der Waals surface area (Å²) >= 11 is 6.53. The Morgan fingerprint density at radius 1 is 1.25 bits per heavy atom. The Morgan fingerprint density at radius 2 is 1.94 bits per heavy atom. The minimum absolute atomic E-state index is 0.107. The normalized spacial score (nSPS) is 17.1. The van der Waals surface area contributed by atoms with Crippen LogP contribution in [0, 0.1) is 0 Å². The van der Waals surface area contributed by atoms with Crippen LogP contribution in [0.1, 0.15) is 19.3 Å². The lowest BCUT2D eigenvalue weighted by atomic mass is 9.94. The minimum atomic E-state index is -3.40. The van der Waals surface area contributed by atoms with E-state index in [9.17, 15) is 8.42 Å². The minimum Gasteiger partial charge on any atom is -0.208 e. The molecule has 1 N–H and O–H groups in total. The van der Waals surface area contributed by atoms with Gasteiger partial charge >= 0.3 is 0 Å². The second-order valence-corrected chi connectivity index (χ2v) is 7.28. The van der Waals surface area contributed by atoms with Crippen LogP contribution in [0.3, 0.4) is 0 Å². The standard InChI is InChI=1S/C10H11Br2NO2S/c11-7-4-5-9(12)10(6-7)16(14,15)13-8-2-1-3-8/h4-6,8,13H,1-3H2. The van der Waals surface area contributed by atoms with Crippen LogP contribution in [0.5, 0.6) is 0 Å². The zero-order valence-corrected chi connectivity index (χ0v) is 12.4. The van der Waals surface area contributed by atoms with Gasteiger partial charge in [0.25, 0.3) is 0 Å². The molecule has 0 atom stereocenters. The molecule has 1 aromatic rings. The van der Waals surface area contributed by atoms with E-state index in [1.807, 2.05) is 0 Å². The molecule has 1 saturated carbocycles. The molecule has 1 fully saturated rings. The maximum Gasteiger partial charge on any atom is 0.241 e. The van der Waals surface area contributed by atoms with Crippen molar-refractivity contribution in [1.82, 2.24) is 4.72 Å². The number of rotatable bonds is 3. The summed E-state index contributed by atoms with van der Waals surface area (Å²) in [6, 6.07) is 5.23. The molecular weight excluding hydrogens is 358 g/mol. The van der Waals surface area contributed by atoms with Crippen LogP contribution >= 0.6 is 31.9 Å². The summed E-state index contributed by atoms with van der Waals surface area (Å²) in [6.07, 6.45) is 2.97. The number of hydrogen-bond acceptors (Lipinski definition) is 2. The van der Waals surface area contributed by atoms with E-state index in [0.29, 0.717) is 4.47 Å². The van der Waals surface area contributed by atoms with Gasteiger partial charge in [-0.25, -0.2) is 13.1 Å². The Balaban J connectivity index is 2.30. The lowest BCUT2D eigenvalue weighted by Crippen LogP contribution is -2.39. The van der Waals surface area contributed by atoms with Crippen LogP contribution in [0.15, 0.2) is 32.0 Å². The molecule has 0 aliphatic heterocycles. The molecule has 0 radical (unpaired) electrons. The highest BCUT2D eigenvalue weighted by atomic mass is 79.9. The molecule has 0 amide bonds. The second kappa shape index (κ2) is 4.76. The molecule has 1 aromatic carbocycles. The predicted molar refractivity (Wildman–Crippen MR) is 69.8 cm³/mol. The van der Waals surface area contributed by atoms with E-state index in [-0.39, 0.29) is 10.9 Å². The van der Waals surface area contributed by atoms with Crippen LogP contribution in [0.25, 0.3) is 0 Å². The molecule has 1 aliphatic carbocycles. The lowest BCUT2D eigenvalue weighted by molar-refractivity contribution is 0.383. The summed E-state index contributed by atoms with van der Waals surface area (Å²) in [5.41, 5.74) is 0. The van der Waals surface area contributed by atoms with E-state index < -0.39 is 10.0 Å². The third kappa shape index (κ3) is 2.67. The van der Waals surface area contributed by atoms with Crippen LogP contribution in [-0.2, 0) is 10.0 Å². The van der Waals surface area contributed by atoms with E-state index in [1.54, 1.807) is 18.2 Å². The van der Waals surface area contributed by atoms with Gasteiger partial charge in [-0.3, -0.25) is 0 Å². The monoisotopic (exact) mass is 367 g/mol. The topological polar surface area (TPSA) is 46.2 Å². The van der Waals surface area contributed by atoms with Gasteiger partial charge in [0.05, 0.1) is 4.90 Å². The zero-order chi connectivity index (χ0) is 11.8. The highest BCUT2D eigenvalue weighted by molar-refractivity contribution is 9.11. The summed E-state index contributed by atoms with van der Waals surface area (Å²) in [5.74, 6) is 0. The molecule has 2 rings (SSSR count). The molecule has 0 unspecified atom stereocenters. The van der Waals surface area contributed by atoms with Crippen LogP contribution in [0.2, 0.25) is 0 Å². The van der Waals surface area contributed by atoms with Crippen molar-refractivity contribution >= 4 is 41.9 Å². The first-order valence-corrected chi connectivity index (χ1v) is 8.03. The molecule has 0 heterocycles. The van der Waals surface area contributed by atoms with Gasteiger partial charge in [0.15, 0.2) is 0 Å². The van der Waals surface area contributed by atoms with E-state index in [4.69, 9.17) is 0 Å². The summed E-state index contributed by atoms with van der Waals surface area (Å²) in [5, 5.41) is 0. The summed E-state index contributed by atoms with van der Waals surface area (Å²) in [7, 11) is -3.40. The number of nitrogens with one attached hydrogen (secondary N) is 1. The van der Waals surface area contributed by atoms with Crippen LogP contribution in [0.4, 0.5) is 0 Å². The van der Waals surface area contributed by atoms with Gasteiger partial charge in [-0.05, 0) is 47.0 Å². The molecule has 0 aromatic heterocycles. The van der Waals surface area contributed by atoms with Crippen molar-refractivity contribution in [1.29, 1.82) is 0 Å². The Hall–Kier alpha value is 0.0900. The maximum atomic E-state index is 12.0. The van der Waals surface area contributed by atoms with Crippen molar-refractivity contribution in [2.75, 3.05) is 0 Å². The lowest BCUT2D eigenvalue weighted by Gasteiger charge is -2.26. The third-order valence-corrected chi connectivity index (χ3v) is 5.62. The van der Waals surface area contributed by atoms with Crippen LogP contribution < -0.4 is 4.72 Å². The first-order chi connectivity index (χ1) is 7.49. The SMILES string of the molecule is O=S(=O)(NC1CCC1)c1cc(Br)ccc1Br. The molecule has 0 spiro atoms. The van der Waals surface area contributed by atoms with E-state index >= 15 is 0 Å². The number of benzene rings is 1. The molecule has 88 valence electrons. The Morgan fingerprint density at radius 3 is 2.50 bits per heavy atom. The van der Waals surface area contributed by atoms with Crippen molar-refractivity contribution in [2.24, 2.45) is 0 Å². The average molecular weight is 369 g/mol. The first-order valence-electron chi connectivity index (χ1n) is 4.96. The highest BCUT2D eigenvalue weighted by Gasteiger charge is 2.26. The molecule has 1 aliphatic rings. The fourth-order valence-corrected chi connectivity index (χ4v) is 4.30. The van der Waals surface area contributed by atoms with E-state index in [0.717, 1.165) is 23.7 Å². The Kier molecular flexibility index (Phi) is 3.73. The van der Waals surface area contributed by atoms with Crippen LogP contribution in [-0.4, -0.2) is 14.5 Å². The third-order valence-electron chi connectivity index (χ3n) is 2.61. The Bertz CT molecular complexity index is 498. The smallest absolute Gasteiger partial charge is 0.208 e. The van der Waals surface area contributed by atoms with Gasteiger partial charge < -0.3 is 0 Å². The molecule has 0 saturated heterocycles. The molecular formula is C10H11Br2NO2S. The molecule has 16 heavy (non-hydrogen) atoms. The molecule has 6 heteroatoms. The van der Waals surface area contributed by atoms with Crippen molar-refractivity contribution in [2.45, 2.75) is 30.2 Å². The van der Waals surface area contributed by atoms with E-state index in [1.165, 1.54) is 0 Å². The number of hydrogen-bond donors (Lipinski definition) is 1. The predicted octanol–water partition coefficient (Wildman–Crippen LogP) is 3.04. The van der Waals surface area contributed by atoms with Crippen molar-refractivity contribution in [3.8, 4) is 0 Å². The molecule has 3 nitrogen and oxygen atoms in total. The second-order valence-electron chi connectivity index (χ2n) is 3.82. The van der Waals surface area contributed by atoms with Gasteiger partial charge in [-0.2, -0.15) is 0 Å². The average Bonchev–Trinajstić information content (AvgIpc) is 2.16. The van der Waals surface area contributed by atoms with Gasteiger partial charge in [-0.1, -0.05) is 22.4 Å². The summed E-state index contributed by atoms with van der Waals surface area (Å²) in [6.45, 7) is 0. The van der Waals surface area contributed by atoms with Gasteiger partial charge in [0.2, 0.25) is 10.0 Å². The Labute approximate surface area is 112 Å². The maximum absolute atomic E-state index is 12.0. The quantitative estimate of drug-likeness (QED) is 0.891. The number of halogens is 2. The zero-order valence-electron chi connectivity index (χ0n) is 8.41. The summed E-state index contributed by atoms with van der Waals surface area (Å²) in [4.78, 5) is 0.286. The van der Waals surface area contributed by atoms with E-state index in [2.05, 4.69) is 36.6 Å². The molecule has 0 bridgehead atoms. The van der Waals surface area contributed by atoms with Gasteiger partial charge in [0, 0.05) is 15.0 Å².